The Morgan fingerprint density at radius 2 is 1.59 bits per heavy atom. The summed E-state index contributed by atoms with van der Waals surface area (Å²) < 4.78 is 21.8. The van der Waals surface area contributed by atoms with Crippen LogP contribution in [0.2, 0.25) is 0 Å². The first kappa shape index (κ1) is 55.8. The van der Waals surface area contributed by atoms with Crippen molar-refractivity contribution in [2.75, 3.05) is 41.3 Å². The first-order chi connectivity index (χ1) is 30.7. The molecule has 0 saturated carbocycles. The van der Waals surface area contributed by atoms with E-state index in [2.05, 4.69) is 100 Å². The number of aliphatic carboxylic acids is 2. The summed E-state index contributed by atoms with van der Waals surface area (Å²) in [5.74, 6) is -0.0661. The molecule has 3 aromatic carbocycles. The summed E-state index contributed by atoms with van der Waals surface area (Å²) in [4.78, 5) is 49.9. The molecule has 360 valence electrons. The Morgan fingerprint density at radius 1 is 0.985 bits per heavy atom. The molecular formula is C47H61BrClN4O12P. The summed E-state index contributed by atoms with van der Waals surface area (Å²) in [6.45, 7) is 3.90. The van der Waals surface area contributed by atoms with Crippen LogP contribution in [0.5, 0.6) is 11.5 Å². The third-order valence-corrected chi connectivity index (χ3v) is 12.1. The maximum atomic E-state index is 10.6. The van der Waals surface area contributed by atoms with Crippen LogP contribution in [-0.2, 0) is 26.0 Å². The van der Waals surface area contributed by atoms with Gasteiger partial charge in [-0.25, -0.2) is 14.2 Å². The lowest BCUT2D eigenvalue weighted by Crippen LogP contribution is -2.64. The molecule has 0 amide bonds. The summed E-state index contributed by atoms with van der Waals surface area (Å²) in [6, 6.07) is 28.6. The van der Waals surface area contributed by atoms with Gasteiger partial charge in [0.25, 0.3) is 0 Å². The predicted molar refractivity (Wildman–Crippen MR) is 257 cm³/mol. The Hall–Kier alpha value is -4.49. The smallest absolute Gasteiger partial charge is 0.466 e. The van der Waals surface area contributed by atoms with E-state index in [-0.39, 0.29) is 30.0 Å². The number of halogens is 2. The molecule has 0 radical (unpaired) electrons. The third-order valence-electron chi connectivity index (χ3n) is 11.5. The van der Waals surface area contributed by atoms with Crippen molar-refractivity contribution in [3.63, 3.8) is 0 Å². The molecule has 3 heterocycles. The number of hydrogen-bond donors (Lipinski definition) is 8. The van der Waals surface area contributed by atoms with Crippen molar-refractivity contribution in [3.05, 3.63) is 148 Å². The molecule has 2 aliphatic heterocycles. The number of piperidine rings is 1. The molecule has 1 unspecified atom stereocenters. The zero-order valence-electron chi connectivity index (χ0n) is 37.4. The number of likely N-dealkylation sites (N-methyl/N-ethyl adjacent to an activating group) is 1. The fraction of sp³-hybridized carbons (Fsp3) is 0.383. The highest BCUT2D eigenvalue weighted by Crippen LogP contribution is 2.62. The van der Waals surface area contributed by atoms with Gasteiger partial charge in [0, 0.05) is 63.4 Å². The summed E-state index contributed by atoms with van der Waals surface area (Å²) in [7, 11) is 3.48. The van der Waals surface area contributed by atoms with Gasteiger partial charge in [0.15, 0.2) is 11.5 Å². The molecule has 4 aromatic rings. The Bertz CT molecular complexity index is 2250. The highest BCUT2D eigenvalue weighted by molar-refractivity contribution is 9.10. The molecule has 9 N–H and O–H groups in total. The fourth-order valence-corrected chi connectivity index (χ4v) is 8.90. The number of phosphoric acid groups is 1. The van der Waals surface area contributed by atoms with E-state index in [1.165, 1.54) is 16.7 Å². The minimum Gasteiger partial charge on any atom is -0.493 e. The van der Waals surface area contributed by atoms with Crippen molar-refractivity contribution < 1.29 is 58.7 Å². The second-order valence-corrected chi connectivity index (χ2v) is 18.2. The van der Waals surface area contributed by atoms with Gasteiger partial charge in [-0.3, -0.25) is 4.98 Å². The number of aromatic nitrogens is 1. The molecule has 66 heavy (non-hydrogen) atoms. The van der Waals surface area contributed by atoms with E-state index < -0.39 is 32.0 Å². The van der Waals surface area contributed by atoms with Crippen molar-refractivity contribution in [3.8, 4) is 11.5 Å². The highest BCUT2D eigenvalue weighted by atomic mass is 79.9. The quantitative estimate of drug-likeness (QED) is 0.0539. The number of carboxylic acid groups (broad SMARTS) is 2. The van der Waals surface area contributed by atoms with E-state index in [1.54, 1.807) is 14.0 Å². The number of carbonyl (C=O) groups is 2. The summed E-state index contributed by atoms with van der Waals surface area (Å²) >= 11 is 3.49. The van der Waals surface area contributed by atoms with Crippen LogP contribution in [0, 0.1) is 5.92 Å². The second kappa shape index (κ2) is 25.6. The maximum absolute atomic E-state index is 10.6. The van der Waals surface area contributed by atoms with Gasteiger partial charge < -0.3 is 60.1 Å². The van der Waals surface area contributed by atoms with Gasteiger partial charge in [0.05, 0.1) is 13.2 Å². The van der Waals surface area contributed by atoms with Crippen molar-refractivity contribution >= 4 is 48.1 Å². The molecule has 8 atom stereocenters. The van der Waals surface area contributed by atoms with Crippen LogP contribution >= 0.6 is 36.2 Å². The number of nitrogens with two attached hydrogens (primary N) is 1. The molecular weight excluding hydrogens is 959 g/mol. The number of pyridine rings is 1. The van der Waals surface area contributed by atoms with Crippen LogP contribution in [0.1, 0.15) is 59.7 Å². The average molecular weight is 1020 g/mol. The van der Waals surface area contributed by atoms with E-state index in [4.69, 9.17) is 44.7 Å². The van der Waals surface area contributed by atoms with Gasteiger partial charge in [0.2, 0.25) is 0 Å². The van der Waals surface area contributed by atoms with Crippen molar-refractivity contribution in [1.29, 1.82) is 0 Å². The van der Waals surface area contributed by atoms with Crippen molar-refractivity contribution in [1.82, 2.24) is 14.8 Å². The van der Waals surface area contributed by atoms with E-state index in [1.807, 2.05) is 54.7 Å². The van der Waals surface area contributed by atoms with Crippen LogP contribution in [0.4, 0.5) is 0 Å². The van der Waals surface area contributed by atoms with E-state index in [0.29, 0.717) is 30.0 Å². The molecule has 19 heteroatoms. The second-order valence-electron chi connectivity index (χ2n) is 16.3. The van der Waals surface area contributed by atoms with Crippen LogP contribution in [0.3, 0.4) is 0 Å². The SMILES string of the molecule is CN(C)CCC(c1ccc(Br)cc1)c1ccccn1.COc1ccc2c3c1O[C@H]1[C@@H](O)C=C[C@H]4[C@@H](C2)N(C)CC[C@@]341.C[C@@H](N)[C@@H](O)c1ccccc1.Cl.O=C(O)/C=C\C(=O)O.O=P(O)(O)O. The Morgan fingerprint density at radius 3 is 2.12 bits per heavy atom. The van der Waals surface area contributed by atoms with Gasteiger partial charge in [-0.2, -0.15) is 0 Å². The molecule has 1 aromatic heterocycles. The number of aliphatic hydroxyl groups is 2. The number of methoxy groups -OCH3 is 1. The number of likely N-dealkylation sites (tertiary alicyclic amines) is 1. The monoisotopic (exact) mass is 1020 g/mol. The minimum atomic E-state index is -4.64. The number of carboxylic acids is 2. The average Bonchev–Trinajstić information content (AvgIpc) is 3.62. The standard InChI is InChI=1S/C18H21NO3.C16H19BrN2.C9H13NO.C4H4O4.ClH.H3O4P/c1-19-8-7-18-11-4-5-13(20)17(18)22-16-14(21-2)6-3-10(15(16)18)9-12(11)19;1-19(2)12-10-15(16-5-3-4-11-18-16)13-6-8-14(17)9-7-13;1-7(10)9(11)8-5-3-2-4-6-8;5-3(6)1-2-4(7)8;;1-5(2,3)4/h3-6,11-13,17,20H,7-9H2,1-2H3;3-9,11,15H,10,12H2,1-2H3;2-7,9,11H,10H2,1H3;1-2H,(H,5,6)(H,7,8);1H;(H3,1,2,3,4)/b;;;2-1-;;/t11-,12+,13-,17-,18-;;7-,9-;;;/m0.1.../s1. The largest absolute Gasteiger partial charge is 0.493 e. The number of ether oxygens (including phenoxy) is 2. The molecule has 1 saturated heterocycles. The first-order valence-corrected chi connectivity index (χ1v) is 23.2. The van der Waals surface area contributed by atoms with Crippen LogP contribution in [0.15, 0.2) is 120 Å². The zero-order valence-corrected chi connectivity index (χ0v) is 40.7. The predicted octanol–water partition coefficient (Wildman–Crippen LogP) is 5.70. The Kier molecular flexibility index (Phi) is 21.6. The van der Waals surface area contributed by atoms with Crippen LogP contribution in [0.25, 0.3) is 0 Å². The summed E-state index contributed by atoms with van der Waals surface area (Å²) in [5, 5.41) is 35.7. The Balaban J connectivity index is 0.000000238. The minimum absolute atomic E-state index is 0. The van der Waals surface area contributed by atoms with E-state index in [9.17, 15) is 19.8 Å². The molecule has 16 nitrogen and oxygen atoms in total. The van der Waals surface area contributed by atoms with Crippen molar-refractivity contribution in [2.24, 2.45) is 11.7 Å². The molecule has 8 rings (SSSR count). The number of nitrogens with zero attached hydrogens (tertiary/aromatic N) is 3. The lowest BCUT2D eigenvalue weighted by Gasteiger charge is -2.56. The highest BCUT2D eigenvalue weighted by Gasteiger charge is 2.64. The topological polar surface area (TPSA) is 257 Å². The lowest BCUT2D eigenvalue weighted by atomic mass is 9.53. The fourth-order valence-electron chi connectivity index (χ4n) is 8.63. The number of aliphatic hydroxyl groups excluding tert-OH is 2. The van der Waals surface area contributed by atoms with Crippen molar-refractivity contribution in [2.45, 2.75) is 67.9 Å². The van der Waals surface area contributed by atoms with Gasteiger partial charge >= 0.3 is 19.8 Å². The summed E-state index contributed by atoms with van der Waals surface area (Å²) in [6.07, 6.45) is 9.05. The van der Waals surface area contributed by atoms with Gasteiger partial charge in [-0.1, -0.05) is 82.7 Å². The van der Waals surface area contributed by atoms with Gasteiger partial charge in [-0.15, -0.1) is 12.4 Å². The molecule has 4 aliphatic rings. The zero-order chi connectivity index (χ0) is 48.1. The van der Waals surface area contributed by atoms with E-state index >= 15 is 0 Å². The molecule has 2 bridgehead atoms. The summed E-state index contributed by atoms with van der Waals surface area (Å²) in [5.41, 5.74) is 11.5. The van der Waals surface area contributed by atoms with Crippen LogP contribution < -0.4 is 15.2 Å². The number of hydrogen-bond acceptors (Lipinski definition) is 11. The number of benzene rings is 3. The van der Waals surface area contributed by atoms with Crippen LogP contribution in [-0.4, -0.2) is 127 Å². The molecule has 1 spiro atoms. The van der Waals surface area contributed by atoms with E-state index in [0.717, 1.165) is 59.6 Å². The maximum Gasteiger partial charge on any atom is 0.466 e. The normalized spacial score (nSPS) is 22.0. The van der Waals surface area contributed by atoms with Gasteiger partial charge in [-0.05, 0) is 107 Å². The molecule has 1 fully saturated rings. The lowest BCUT2D eigenvalue weighted by molar-refractivity contribution is -0.134. The number of rotatable bonds is 10. The van der Waals surface area contributed by atoms with Gasteiger partial charge in [0.1, 0.15) is 12.2 Å². The Labute approximate surface area is 400 Å². The molecule has 2 aliphatic carbocycles. The third kappa shape index (κ3) is 15.3. The first-order valence-electron chi connectivity index (χ1n) is 20.8.